The van der Waals surface area contributed by atoms with Crippen molar-refractivity contribution in [1.82, 2.24) is 9.80 Å². The Bertz CT molecular complexity index is 666. The lowest BCUT2D eigenvalue weighted by molar-refractivity contribution is -0.131. The molecule has 2 N–H and O–H groups in total. The maximum absolute atomic E-state index is 13.2. The number of likely N-dealkylation sites (N-methyl/N-ethyl adjacent to an activating group) is 1. The molecule has 6 nitrogen and oxygen atoms in total. The zero-order valence-electron chi connectivity index (χ0n) is 18.8. The molecule has 1 saturated heterocycles. The van der Waals surface area contributed by atoms with E-state index >= 15 is 0 Å². The molecule has 2 heterocycles. The average Bonchev–Trinajstić information content (AvgIpc) is 3.47. The Labute approximate surface area is 181 Å². The highest BCUT2D eigenvalue weighted by atomic mass is 16.2. The topological polar surface area (TPSA) is 79.0 Å². The molecule has 0 spiro atoms. The van der Waals surface area contributed by atoms with Crippen LogP contribution in [0.25, 0.3) is 0 Å². The molecule has 2 amide bonds. The number of rotatable bonds is 7. The second-order valence-electron chi connectivity index (χ2n) is 10.5. The smallest absolute Gasteiger partial charge is 0.257 e. The molecule has 0 aromatic heterocycles. The molecule has 0 radical (unpaired) electrons. The summed E-state index contributed by atoms with van der Waals surface area (Å²) in [6.45, 7) is 1.61. The van der Waals surface area contributed by atoms with Crippen LogP contribution in [0.3, 0.4) is 0 Å². The summed E-state index contributed by atoms with van der Waals surface area (Å²) >= 11 is 0. The molecule has 2 saturated carbocycles. The summed E-state index contributed by atoms with van der Waals surface area (Å²) in [4.78, 5) is 34.3. The van der Waals surface area contributed by atoms with E-state index in [-0.39, 0.29) is 5.91 Å². The van der Waals surface area contributed by atoms with Crippen molar-refractivity contribution in [1.29, 1.82) is 0 Å². The third-order valence-electron chi connectivity index (χ3n) is 8.27. The second kappa shape index (κ2) is 9.27. The molecule has 4 aliphatic rings. The van der Waals surface area contributed by atoms with E-state index in [4.69, 9.17) is 10.7 Å². The highest BCUT2D eigenvalue weighted by Gasteiger charge is 2.48. The third kappa shape index (κ3) is 4.67. The fraction of sp³-hybridized carbons (Fsp3) is 0.875. The van der Waals surface area contributed by atoms with Gasteiger partial charge < -0.3 is 10.6 Å². The van der Waals surface area contributed by atoms with Crippen LogP contribution in [0, 0.1) is 17.8 Å². The summed E-state index contributed by atoms with van der Waals surface area (Å²) in [5.41, 5.74) is 5.38. The fourth-order valence-electron chi connectivity index (χ4n) is 6.37. The normalized spacial score (nSPS) is 31.0. The maximum atomic E-state index is 13.2. The standard InChI is InChI=1S/C24H40N4O2/c1-27-22(30)24(26-23(27)25,13-11-18-7-3-2-4-8-18)16-20-12-14-28(17-20)21(29)15-19-9-5-6-10-19/h18-20H,2-17H2,1H3,(H2,25,26)/t20?,24-/m1/s1. The van der Waals surface area contributed by atoms with Gasteiger partial charge in [0.2, 0.25) is 5.91 Å². The Morgan fingerprint density at radius 2 is 1.70 bits per heavy atom. The quantitative estimate of drug-likeness (QED) is 0.687. The number of nitrogens with zero attached hydrogens (tertiary/aromatic N) is 3. The van der Waals surface area contributed by atoms with Gasteiger partial charge in [-0.3, -0.25) is 14.5 Å². The van der Waals surface area contributed by atoms with Gasteiger partial charge in [0.15, 0.2) is 5.96 Å². The van der Waals surface area contributed by atoms with Gasteiger partial charge in [0.25, 0.3) is 5.91 Å². The van der Waals surface area contributed by atoms with Crippen molar-refractivity contribution in [2.45, 2.75) is 95.4 Å². The van der Waals surface area contributed by atoms with E-state index in [2.05, 4.69) is 0 Å². The SMILES string of the molecule is CN1C(=O)[C@@](CCC2CCCCC2)(CC2CCN(C(=O)CC3CCCC3)C2)N=C1N. The van der Waals surface area contributed by atoms with Crippen LogP contribution in [0.4, 0.5) is 0 Å². The van der Waals surface area contributed by atoms with Gasteiger partial charge in [-0.2, -0.15) is 0 Å². The highest BCUT2D eigenvalue weighted by molar-refractivity contribution is 6.06. The minimum Gasteiger partial charge on any atom is -0.369 e. The molecule has 1 unspecified atom stereocenters. The average molecular weight is 417 g/mol. The lowest BCUT2D eigenvalue weighted by Crippen LogP contribution is -2.44. The molecular weight excluding hydrogens is 376 g/mol. The van der Waals surface area contributed by atoms with Gasteiger partial charge in [-0.15, -0.1) is 0 Å². The number of hydrogen-bond acceptors (Lipinski definition) is 4. The van der Waals surface area contributed by atoms with Crippen molar-refractivity contribution in [2.24, 2.45) is 28.5 Å². The van der Waals surface area contributed by atoms with Gasteiger partial charge in [0.05, 0.1) is 0 Å². The molecule has 3 fully saturated rings. The molecule has 168 valence electrons. The first-order valence-electron chi connectivity index (χ1n) is 12.4. The first-order valence-corrected chi connectivity index (χ1v) is 12.4. The van der Waals surface area contributed by atoms with E-state index in [0.29, 0.717) is 30.1 Å². The number of likely N-dealkylation sites (tertiary alicyclic amines) is 1. The fourth-order valence-corrected chi connectivity index (χ4v) is 6.37. The Morgan fingerprint density at radius 1 is 1.03 bits per heavy atom. The molecule has 0 bridgehead atoms. The van der Waals surface area contributed by atoms with Crippen molar-refractivity contribution >= 4 is 17.8 Å². The summed E-state index contributed by atoms with van der Waals surface area (Å²) in [5, 5.41) is 0. The molecule has 0 aromatic rings. The van der Waals surface area contributed by atoms with Crippen LogP contribution in [0.5, 0.6) is 0 Å². The Morgan fingerprint density at radius 3 is 2.37 bits per heavy atom. The largest absolute Gasteiger partial charge is 0.369 e. The van der Waals surface area contributed by atoms with Gasteiger partial charge in [-0.25, -0.2) is 4.99 Å². The molecule has 4 rings (SSSR count). The predicted molar refractivity (Wildman–Crippen MR) is 119 cm³/mol. The van der Waals surface area contributed by atoms with Crippen LogP contribution >= 0.6 is 0 Å². The van der Waals surface area contributed by atoms with E-state index in [0.717, 1.165) is 44.7 Å². The Kier molecular flexibility index (Phi) is 6.69. The summed E-state index contributed by atoms with van der Waals surface area (Å²) in [6.07, 6.45) is 15.8. The van der Waals surface area contributed by atoms with Crippen LogP contribution in [0.1, 0.15) is 89.9 Å². The zero-order chi connectivity index (χ0) is 21.1. The number of aliphatic imine (C=N–C) groups is 1. The second-order valence-corrected chi connectivity index (χ2v) is 10.5. The van der Waals surface area contributed by atoms with E-state index < -0.39 is 5.54 Å². The number of guanidine groups is 1. The van der Waals surface area contributed by atoms with E-state index in [1.807, 2.05) is 4.90 Å². The van der Waals surface area contributed by atoms with E-state index in [1.165, 1.54) is 57.8 Å². The monoisotopic (exact) mass is 416 g/mol. The first kappa shape index (κ1) is 21.6. The number of amides is 2. The Hall–Kier alpha value is -1.59. The van der Waals surface area contributed by atoms with Crippen molar-refractivity contribution in [3.63, 3.8) is 0 Å². The minimum atomic E-state index is -0.703. The van der Waals surface area contributed by atoms with Crippen molar-refractivity contribution in [2.75, 3.05) is 20.1 Å². The summed E-state index contributed by atoms with van der Waals surface area (Å²) in [7, 11) is 1.75. The third-order valence-corrected chi connectivity index (χ3v) is 8.27. The molecule has 2 aliphatic heterocycles. The molecule has 6 heteroatoms. The molecule has 30 heavy (non-hydrogen) atoms. The summed E-state index contributed by atoms with van der Waals surface area (Å²) in [6, 6.07) is 0. The lowest BCUT2D eigenvalue weighted by atomic mass is 9.78. The highest BCUT2D eigenvalue weighted by Crippen LogP contribution is 2.39. The van der Waals surface area contributed by atoms with Crippen LogP contribution in [0.15, 0.2) is 4.99 Å². The van der Waals surface area contributed by atoms with Crippen molar-refractivity contribution < 1.29 is 9.59 Å². The van der Waals surface area contributed by atoms with Crippen LogP contribution < -0.4 is 5.73 Å². The first-order chi connectivity index (χ1) is 14.5. The Balaban J connectivity index is 1.37. The van der Waals surface area contributed by atoms with Crippen LogP contribution in [-0.4, -0.2) is 53.2 Å². The molecule has 0 aromatic carbocycles. The van der Waals surface area contributed by atoms with Crippen LogP contribution in [0.2, 0.25) is 0 Å². The molecule has 2 atom stereocenters. The number of hydrogen-bond donors (Lipinski definition) is 1. The number of carbonyl (C=O) groups is 2. The minimum absolute atomic E-state index is 0.0616. The maximum Gasteiger partial charge on any atom is 0.257 e. The van der Waals surface area contributed by atoms with Gasteiger partial charge in [-0.1, -0.05) is 44.9 Å². The van der Waals surface area contributed by atoms with Gasteiger partial charge in [0, 0.05) is 26.6 Å². The van der Waals surface area contributed by atoms with Gasteiger partial charge >= 0.3 is 0 Å². The van der Waals surface area contributed by atoms with Crippen LogP contribution in [-0.2, 0) is 9.59 Å². The summed E-state index contributed by atoms with van der Waals surface area (Å²) in [5.74, 6) is 2.39. The number of nitrogens with two attached hydrogens (primary N) is 1. The molecular formula is C24H40N4O2. The van der Waals surface area contributed by atoms with Crippen molar-refractivity contribution in [3.8, 4) is 0 Å². The van der Waals surface area contributed by atoms with Crippen molar-refractivity contribution in [3.05, 3.63) is 0 Å². The summed E-state index contributed by atoms with van der Waals surface area (Å²) < 4.78 is 0. The van der Waals surface area contributed by atoms with E-state index in [9.17, 15) is 9.59 Å². The lowest BCUT2D eigenvalue weighted by Gasteiger charge is -2.30. The predicted octanol–water partition coefficient (Wildman–Crippen LogP) is 3.69. The van der Waals surface area contributed by atoms with Gasteiger partial charge in [0.1, 0.15) is 5.54 Å². The number of carbonyl (C=O) groups excluding carboxylic acids is 2. The molecule has 2 aliphatic carbocycles. The van der Waals surface area contributed by atoms with Gasteiger partial charge in [-0.05, 0) is 56.3 Å². The van der Waals surface area contributed by atoms with E-state index in [1.54, 1.807) is 11.9 Å². The zero-order valence-corrected chi connectivity index (χ0v) is 18.8.